The van der Waals surface area contributed by atoms with E-state index >= 15 is 0 Å². The van der Waals surface area contributed by atoms with Crippen molar-refractivity contribution in [3.63, 3.8) is 0 Å². The zero-order valence-electron chi connectivity index (χ0n) is 47.5. The van der Waals surface area contributed by atoms with E-state index in [1.165, 1.54) is 42.8 Å². The summed E-state index contributed by atoms with van der Waals surface area (Å²) < 4.78 is 1.26. The first kappa shape index (κ1) is 66.5. The fraction of sp³-hybridized carbons (Fsp3) is 0.227. The molecule has 0 unspecified atom stereocenters. The number of aromatic nitrogens is 2. The number of aldehydes is 1. The Balaban J connectivity index is 0.000000287. The molecule has 6 aromatic rings. The number of nitrogens with one attached hydrogen (secondary N) is 2. The fourth-order valence-electron chi connectivity index (χ4n) is 10.9. The number of allylic oxidation sites excluding steroid dienone is 12. The van der Waals surface area contributed by atoms with Crippen molar-refractivity contribution in [3.05, 3.63) is 345 Å². The molecule has 4 aromatic carbocycles. The number of carbonyl (C=O) groups is 1. The maximum atomic E-state index is 10.7. The molecular formula is C75H86IN3O. The Morgan fingerprint density at radius 2 is 0.662 bits per heavy atom. The number of hydrogen-bond acceptors (Lipinski definition) is 1. The Kier molecular flexibility index (Phi) is 29.6. The normalized spacial score (nSPS) is 10.9. The molecule has 0 spiro atoms. The van der Waals surface area contributed by atoms with Gasteiger partial charge in [-0.25, -0.2) is 4.85 Å². The van der Waals surface area contributed by atoms with Crippen LogP contribution in [0.25, 0.3) is 4.85 Å². The summed E-state index contributed by atoms with van der Waals surface area (Å²) in [6, 6.07) is 41.6. The lowest BCUT2D eigenvalue weighted by atomic mass is 9.72. The lowest BCUT2D eigenvalue weighted by Gasteiger charge is -2.32. The van der Waals surface area contributed by atoms with E-state index in [0.717, 1.165) is 83.3 Å². The minimum Gasteiger partial charge on any atom is -0.364 e. The summed E-state index contributed by atoms with van der Waals surface area (Å²) in [4.78, 5) is 20.9. The summed E-state index contributed by atoms with van der Waals surface area (Å²) in [5.41, 5.74) is 10.1. The van der Waals surface area contributed by atoms with Gasteiger partial charge in [-0.15, -0.1) is 78.9 Å². The van der Waals surface area contributed by atoms with Gasteiger partial charge in [0, 0.05) is 54.6 Å². The molecule has 0 aliphatic heterocycles. The molecular weight excluding hydrogens is 1090 g/mol. The summed E-state index contributed by atoms with van der Waals surface area (Å²) in [5.74, 6) is 0.164. The first-order valence-electron chi connectivity index (χ1n) is 27.3. The van der Waals surface area contributed by atoms with Crippen LogP contribution >= 0.6 is 22.6 Å². The van der Waals surface area contributed by atoms with Crippen LogP contribution in [0.2, 0.25) is 0 Å². The Hall–Kier alpha value is -7.79. The van der Waals surface area contributed by atoms with E-state index in [0.29, 0.717) is 11.3 Å². The van der Waals surface area contributed by atoms with Crippen molar-refractivity contribution in [1.82, 2.24) is 9.97 Å². The second kappa shape index (κ2) is 35.7. The average molecular weight is 1170 g/mol. The monoisotopic (exact) mass is 1170 g/mol. The van der Waals surface area contributed by atoms with Crippen LogP contribution in [-0.2, 0) is 21.7 Å². The highest BCUT2D eigenvalue weighted by atomic mass is 127. The molecule has 2 heterocycles. The average Bonchev–Trinajstić information content (AvgIpc) is 4.22. The van der Waals surface area contributed by atoms with Crippen molar-refractivity contribution in [1.29, 1.82) is 0 Å². The number of H-pyrrole nitrogens is 2. The van der Waals surface area contributed by atoms with Crippen molar-refractivity contribution < 1.29 is 4.79 Å². The van der Waals surface area contributed by atoms with E-state index in [-0.39, 0.29) is 27.6 Å². The molecule has 0 atom stereocenters. The van der Waals surface area contributed by atoms with E-state index in [1.54, 1.807) is 0 Å². The predicted octanol–water partition coefficient (Wildman–Crippen LogP) is 21.4. The molecule has 4 nitrogen and oxygen atoms in total. The molecule has 5 heteroatoms. The van der Waals surface area contributed by atoms with Crippen LogP contribution in [0, 0.1) is 10.1 Å². The van der Waals surface area contributed by atoms with Crippen molar-refractivity contribution in [3.8, 4) is 0 Å². The van der Waals surface area contributed by atoms with Gasteiger partial charge in [0.25, 0.3) is 0 Å². The van der Waals surface area contributed by atoms with E-state index in [9.17, 15) is 4.79 Å². The molecule has 0 saturated heterocycles. The van der Waals surface area contributed by atoms with Crippen LogP contribution in [0.1, 0.15) is 133 Å². The molecule has 0 bridgehead atoms. The Morgan fingerprint density at radius 1 is 0.400 bits per heavy atom. The molecule has 80 heavy (non-hydrogen) atoms. The molecule has 0 saturated carbocycles. The van der Waals surface area contributed by atoms with Crippen LogP contribution in [0.4, 0.5) is 5.69 Å². The summed E-state index contributed by atoms with van der Waals surface area (Å²) in [5, 5.41) is 0. The van der Waals surface area contributed by atoms with Gasteiger partial charge in [0.2, 0.25) is 0 Å². The Bertz CT molecular complexity index is 2780. The van der Waals surface area contributed by atoms with Gasteiger partial charge >= 0.3 is 0 Å². The molecule has 0 aliphatic rings. The summed E-state index contributed by atoms with van der Waals surface area (Å²) >= 11 is 2.33. The molecule has 2 N–H and O–H groups in total. The summed E-state index contributed by atoms with van der Waals surface area (Å²) in [7, 11) is 0. The van der Waals surface area contributed by atoms with Gasteiger partial charge in [-0.3, -0.25) is 4.79 Å². The zero-order chi connectivity index (χ0) is 58.7. The first-order valence-corrected chi connectivity index (χ1v) is 28.4. The van der Waals surface area contributed by atoms with Crippen molar-refractivity contribution in [2.45, 2.75) is 105 Å². The second-order valence-electron chi connectivity index (χ2n) is 20.2. The topological polar surface area (TPSA) is 53.0 Å². The zero-order valence-corrected chi connectivity index (χ0v) is 49.6. The highest BCUT2D eigenvalue weighted by molar-refractivity contribution is 14.1. The molecule has 0 fully saturated rings. The maximum Gasteiger partial charge on any atom is 0.187 e. The second-order valence-corrected chi connectivity index (χ2v) is 21.5. The van der Waals surface area contributed by atoms with Crippen LogP contribution in [-0.4, -0.2) is 16.3 Å². The van der Waals surface area contributed by atoms with Crippen LogP contribution in [0.15, 0.2) is 286 Å². The molecule has 0 aliphatic carbocycles. The maximum absolute atomic E-state index is 10.7. The van der Waals surface area contributed by atoms with Gasteiger partial charge < -0.3 is 9.97 Å². The first-order chi connectivity index (χ1) is 38.9. The summed E-state index contributed by atoms with van der Waals surface area (Å²) in [6.07, 6.45) is 39.2. The van der Waals surface area contributed by atoms with Crippen molar-refractivity contribution >= 4 is 34.6 Å². The van der Waals surface area contributed by atoms with Crippen LogP contribution in [0.5, 0.6) is 0 Å². The number of carbonyl (C=O) groups excluding carboxylic acids is 1. The van der Waals surface area contributed by atoms with Gasteiger partial charge in [-0.05, 0) is 164 Å². The lowest BCUT2D eigenvalue weighted by molar-refractivity contribution is 0.112. The van der Waals surface area contributed by atoms with Gasteiger partial charge in [-0.2, -0.15) is 0 Å². The fourth-order valence-corrected chi connectivity index (χ4v) is 11.3. The minimum atomic E-state index is -0.0351. The predicted molar refractivity (Wildman–Crippen MR) is 357 cm³/mol. The molecule has 414 valence electrons. The molecule has 0 radical (unpaired) electrons. The Labute approximate surface area is 496 Å². The summed E-state index contributed by atoms with van der Waals surface area (Å²) in [6.45, 7) is 53.6. The SMILES string of the molecule is C=CCC(CC=C)(CC=C)c1ccc(C(c2ccc[nH]2)c2ccc[nH]2)cc1.C=CCC(CC=C)(CC=C)c1ccc(C=O)cc1.C=CCC(CC=C)(CC=C)c1ccc(I)cc1.[C-]#[N+]c1ccc(C(CC=C)(CC=C)CC=C)cc1. The smallest absolute Gasteiger partial charge is 0.187 e. The highest BCUT2D eigenvalue weighted by Gasteiger charge is 2.31. The van der Waals surface area contributed by atoms with Crippen molar-refractivity contribution in [2.75, 3.05) is 0 Å². The Morgan fingerprint density at radius 3 is 0.900 bits per heavy atom. The highest BCUT2D eigenvalue weighted by Crippen LogP contribution is 2.41. The van der Waals surface area contributed by atoms with E-state index in [4.69, 9.17) is 6.57 Å². The van der Waals surface area contributed by atoms with Gasteiger partial charge in [0.1, 0.15) is 6.29 Å². The third kappa shape index (κ3) is 18.7. The lowest BCUT2D eigenvalue weighted by Crippen LogP contribution is -2.24. The molecule has 2 aromatic heterocycles. The van der Waals surface area contributed by atoms with Crippen molar-refractivity contribution in [2.24, 2.45) is 0 Å². The van der Waals surface area contributed by atoms with E-state index in [2.05, 4.69) is 177 Å². The molecule has 6 rings (SSSR count). The number of nitrogens with zero attached hydrogens (tertiary/aromatic N) is 1. The number of aromatic amines is 2. The number of benzene rings is 4. The van der Waals surface area contributed by atoms with Crippen LogP contribution < -0.4 is 0 Å². The van der Waals surface area contributed by atoms with Gasteiger partial charge in [0.15, 0.2) is 5.69 Å². The number of rotatable bonds is 32. The van der Waals surface area contributed by atoms with Gasteiger partial charge in [-0.1, -0.05) is 158 Å². The number of hydrogen-bond donors (Lipinski definition) is 2. The van der Waals surface area contributed by atoms with Crippen LogP contribution in [0.3, 0.4) is 0 Å². The number of halogens is 1. The largest absolute Gasteiger partial charge is 0.364 e. The third-order valence-corrected chi connectivity index (χ3v) is 15.6. The van der Waals surface area contributed by atoms with E-state index in [1.807, 2.05) is 146 Å². The quantitative estimate of drug-likeness (QED) is 0.0188. The van der Waals surface area contributed by atoms with E-state index < -0.39 is 0 Å². The minimum absolute atomic E-state index is 0.0157. The standard InChI is InChI=1S/C25H28N2.C17H19N.C17H20O.C16H19I/c1-4-15-25(16-5-2,17-6-3)21-13-11-20(12-14-21)24(22-9-7-18-26-22)23-10-8-19-27-23;1-5-12-17(13-6-2,14-7-3)15-8-10-16(18-4)11-9-15;1-4-11-17(12-5-2,13-6-3)16-9-7-15(14-18)8-10-16;1-4-11-16(12-5-2,13-6-3)14-7-9-15(17)10-8-14/h4-14,18-19,24,26-27H,1-3,15-17H2;5-11H,1-3,12-14H2;4-10,14H,1-3,11-13H2;4-10H,1-3,11-13H2. The van der Waals surface area contributed by atoms with Gasteiger partial charge in [0.05, 0.1) is 12.5 Å². The molecule has 0 amide bonds. The third-order valence-electron chi connectivity index (χ3n) is 14.9.